The number of aromatic nitrogens is 2. The molecule has 0 aliphatic carbocycles. The normalized spacial score (nSPS) is 12.3. The fraction of sp³-hybridized carbons (Fsp3) is 0.308. The van der Waals surface area contributed by atoms with Crippen LogP contribution in [0.4, 0.5) is 0 Å². The van der Waals surface area contributed by atoms with E-state index in [0.29, 0.717) is 5.65 Å². The van der Waals surface area contributed by atoms with Crippen molar-refractivity contribution in [2.45, 2.75) is 13.0 Å². The summed E-state index contributed by atoms with van der Waals surface area (Å²) in [7, 11) is 1.37. The first kappa shape index (κ1) is 14.0. The van der Waals surface area contributed by atoms with Gasteiger partial charge in [-0.25, -0.2) is 9.78 Å². The Hall–Kier alpha value is -2.41. The third-order valence-corrected chi connectivity index (χ3v) is 2.87. The molecule has 2 N–H and O–H groups in total. The Morgan fingerprint density at radius 1 is 1.50 bits per heavy atom. The molecule has 0 spiro atoms. The summed E-state index contributed by atoms with van der Waals surface area (Å²) in [6.07, 6.45) is 1.58. The molecule has 1 atom stereocenters. The SMILES string of the molecule is COCC(NC(=O)c1cn2c(C)cccc2n1)C(=O)O. The van der Waals surface area contributed by atoms with Crippen molar-refractivity contribution >= 4 is 17.5 Å². The summed E-state index contributed by atoms with van der Waals surface area (Å²) in [4.78, 5) is 27.1. The number of methoxy groups -OCH3 is 1. The molecule has 7 nitrogen and oxygen atoms in total. The van der Waals surface area contributed by atoms with Crippen LogP contribution in [-0.2, 0) is 9.53 Å². The molecule has 7 heteroatoms. The summed E-state index contributed by atoms with van der Waals surface area (Å²) in [5.74, 6) is -1.70. The number of aliphatic carboxylic acids is 1. The lowest BCUT2D eigenvalue weighted by molar-refractivity contribution is -0.140. The second-order valence-electron chi connectivity index (χ2n) is 4.34. The van der Waals surface area contributed by atoms with Crippen LogP contribution in [-0.4, -0.2) is 46.1 Å². The first-order valence-electron chi connectivity index (χ1n) is 6.00. The van der Waals surface area contributed by atoms with Crippen molar-refractivity contribution in [3.8, 4) is 0 Å². The number of imidazole rings is 1. The van der Waals surface area contributed by atoms with E-state index in [0.717, 1.165) is 5.69 Å². The molecule has 0 fully saturated rings. The number of fused-ring (bicyclic) bond motifs is 1. The van der Waals surface area contributed by atoms with Gasteiger partial charge in [-0.05, 0) is 19.1 Å². The second kappa shape index (κ2) is 5.70. The molecule has 1 amide bonds. The van der Waals surface area contributed by atoms with Crippen molar-refractivity contribution in [2.24, 2.45) is 0 Å². The van der Waals surface area contributed by atoms with Gasteiger partial charge in [-0.1, -0.05) is 6.07 Å². The largest absolute Gasteiger partial charge is 0.480 e. The van der Waals surface area contributed by atoms with Crippen molar-refractivity contribution < 1.29 is 19.4 Å². The third kappa shape index (κ3) is 2.77. The lowest BCUT2D eigenvalue weighted by Crippen LogP contribution is -2.43. The topological polar surface area (TPSA) is 92.9 Å². The zero-order valence-electron chi connectivity index (χ0n) is 11.2. The third-order valence-electron chi connectivity index (χ3n) is 2.87. The van der Waals surface area contributed by atoms with Gasteiger partial charge in [0.05, 0.1) is 6.61 Å². The molecule has 0 bridgehead atoms. The van der Waals surface area contributed by atoms with Gasteiger partial charge >= 0.3 is 5.97 Å². The van der Waals surface area contributed by atoms with E-state index in [1.54, 1.807) is 16.7 Å². The van der Waals surface area contributed by atoms with Gasteiger partial charge in [-0.2, -0.15) is 0 Å². The zero-order valence-corrected chi connectivity index (χ0v) is 11.2. The van der Waals surface area contributed by atoms with Crippen LogP contribution in [0.25, 0.3) is 5.65 Å². The van der Waals surface area contributed by atoms with E-state index in [1.165, 1.54) is 7.11 Å². The van der Waals surface area contributed by atoms with Gasteiger partial charge in [0.2, 0.25) is 0 Å². The van der Waals surface area contributed by atoms with Crippen molar-refractivity contribution in [2.75, 3.05) is 13.7 Å². The Morgan fingerprint density at radius 3 is 2.85 bits per heavy atom. The Labute approximate surface area is 115 Å². The number of hydrogen-bond acceptors (Lipinski definition) is 4. The highest BCUT2D eigenvalue weighted by Crippen LogP contribution is 2.08. The lowest BCUT2D eigenvalue weighted by Gasteiger charge is -2.12. The van der Waals surface area contributed by atoms with Crippen LogP contribution in [0, 0.1) is 6.92 Å². The Bertz CT molecular complexity index is 650. The van der Waals surface area contributed by atoms with Crippen molar-refractivity contribution in [3.05, 3.63) is 35.8 Å². The minimum atomic E-state index is -1.15. The van der Waals surface area contributed by atoms with Gasteiger partial charge in [0.15, 0.2) is 6.04 Å². The van der Waals surface area contributed by atoms with Crippen LogP contribution in [0.15, 0.2) is 24.4 Å². The Kier molecular flexibility index (Phi) is 3.99. The second-order valence-corrected chi connectivity index (χ2v) is 4.34. The summed E-state index contributed by atoms with van der Waals surface area (Å²) in [5, 5.41) is 11.3. The summed E-state index contributed by atoms with van der Waals surface area (Å²) < 4.78 is 6.52. The molecule has 106 valence electrons. The maximum atomic E-state index is 12.0. The lowest BCUT2D eigenvalue weighted by atomic mass is 10.3. The predicted molar refractivity (Wildman–Crippen MR) is 70.7 cm³/mol. The van der Waals surface area contributed by atoms with E-state index in [9.17, 15) is 9.59 Å². The summed E-state index contributed by atoms with van der Waals surface area (Å²) >= 11 is 0. The number of hydrogen-bond donors (Lipinski definition) is 2. The number of ether oxygens (including phenoxy) is 1. The minimum absolute atomic E-state index is 0.104. The molecule has 2 heterocycles. The molecule has 0 saturated carbocycles. The highest BCUT2D eigenvalue weighted by atomic mass is 16.5. The zero-order chi connectivity index (χ0) is 14.7. The number of carboxylic acids is 1. The van der Waals surface area contributed by atoms with E-state index < -0.39 is 17.9 Å². The number of carbonyl (C=O) groups excluding carboxylic acids is 1. The molecule has 2 aromatic heterocycles. The number of aryl methyl sites for hydroxylation is 1. The van der Waals surface area contributed by atoms with E-state index in [1.807, 2.05) is 19.1 Å². The number of carbonyl (C=O) groups is 2. The first-order chi connectivity index (χ1) is 9.52. The Balaban J connectivity index is 2.22. The van der Waals surface area contributed by atoms with Crippen molar-refractivity contribution in [1.82, 2.24) is 14.7 Å². The molecule has 0 aliphatic rings. The molecule has 2 rings (SSSR count). The van der Waals surface area contributed by atoms with Crippen LogP contribution < -0.4 is 5.32 Å². The molecule has 0 radical (unpaired) electrons. The van der Waals surface area contributed by atoms with Gasteiger partial charge in [0.1, 0.15) is 11.3 Å². The fourth-order valence-corrected chi connectivity index (χ4v) is 1.83. The van der Waals surface area contributed by atoms with Crippen molar-refractivity contribution in [1.29, 1.82) is 0 Å². The average Bonchev–Trinajstić information content (AvgIpc) is 2.83. The van der Waals surface area contributed by atoms with E-state index in [-0.39, 0.29) is 12.3 Å². The number of amides is 1. The summed E-state index contributed by atoms with van der Waals surface area (Å²) in [5.41, 5.74) is 1.73. The number of pyridine rings is 1. The van der Waals surface area contributed by atoms with E-state index in [4.69, 9.17) is 9.84 Å². The summed E-state index contributed by atoms with van der Waals surface area (Å²) in [6, 6.07) is 4.40. The highest BCUT2D eigenvalue weighted by molar-refractivity contribution is 5.95. The molecule has 20 heavy (non-hydrogen) atoms. The molecule has 0 aliphatic heterocycles. The predicted octanol–water partition coefficient (Wildman–Crippen LogP) is 0.472. The van der Waals surface area contributed by atoms with Crippen molar-refractivity contribution in [3.63, 3.8) is 0 Å². The number of nitrogens with zero attached hydrogens (tertiary/aromatic N) is 2. The summed E-state index contributed by atoms with van der Waals surface area (Å²) in [6.45, 7) is 1.79. The molecule has 2 aromatic rings. The van der Waals surface area contributed by atoms with Crippen LogP contribution in [0.5, 0.6) is 0 Å². The fourth-order valence-electron chi connectivity index (χ4n) is 1.83. The number of carboxylic acid groups (broad SMARTS) is 1. The first-order valence-corrected chi connectivity index (χ1v) is 6.00. The van der Waals surface area contributed by atoms with Gasteiger partial charge in [0.25, 0.3) is 5.91 Å². The number of rotatable bonds is 5. The van der Waals surface area contributed by atoms with Gasteiger partial charge < -0.3 is 19.6 Å². The standard InChI is InChI=1S/C13H15N3O4/c1-8-4-3-5-11-14-9(6-16(8)11)12(17)15-10(7-20-2)13(18)19/h3-6,10H,7H2,1-2H3,(H,15,17)(H,18,19). The van der Waals surface area contributed by atoms with Gasteiger partial charge in [0, 0.05) is 19.0 Å². The molecule has 0 aromatic carbocycles. The van der Waals surface area contributed by atoms with Crippen LogP contribution >= 0.6 is 0 Å². The van der Waals surface area contributed by atoms with Gasteiger partial charge in [-0.3, -0.25) is 4.79 Å². The van der Waals surface area contributed by atoms with Crippen LogP contribution in [0.1, 0.15) is 16.2 Å². The Morgan fingerprint density at radius 2 is 2.25 bits per heavy atom. The van der Waals surface area contributed by atoms with Gasteiger partial charge in [-0.15, -0.1) is 0 Å². The van der Waals surface area contributed by atoms with Crippen LogP contribution in [0.3, 0.4) is 0 Å². The quantitative estimate of drug-likeness (QED) is 0.828. The molecule has 0 saturated heterocycles. The molecular formula is C13H15N3O4. The molecule has 1 unspecified atom stereocenters. The average molecular weight is 277 g/mol. The van der Waals surface area contributed by atoms with E-state index in [2.05, 4.69) is 10.3 Å². The monoisotopic (exact) mass is 277 g/mol. The highest BCUT2D eigenvalue weighted by Gasteiger charge is 2.22. The smallest absolute Gasteiger partial charge is 0.328 e. The van der Waals surface area contributed by atoms with Crippen LogP contribution in [0.2, 0.25) is 0 Å². The molecular weight excluding hydrogens is 262 g/mol. The number of nitrogens with one attached hydrogen (secondary N) is 1. The maximum absolute atomic E-state index is 12.0. The van der Waals surface area contributed by atoms with E-state index >= 15 is 0 Å². The minimum Gasteiger partial charge on any atom is -0.480 e. The maximum Gasteiger partial charge on any atom is 0.328 e.